The van der Waals surface area contributed by atoms with E-state index in [0.29, 0.717) is 18.1 Å². The predicted molar refractivity (Wildman–Crippen MR) is 88.3 cm³/mol. The maximum absolute atomic E-state index is 11.7. The second kappa shape index (κ2) is 6.36. The molecule has 120 valence electrons. The quantitative estimate of drug-likeness (QED) is 0.857. The summed E-state index contributed by atoms with van der Waals surface area (Å²) in [6.45, 7) is 4.24. The number of carbonyl (C=O) groups is 1. The van der Waals surface area contributed by atoms with Crippen molar-refractivity contribution in [1.29, 1.82) is 0 Å². The number of anilines is 1. The van der Waals surface area contributed by atoms with Crippen LogP contribution in [0.4, 0.5) is 5.95 Å². The minimum atomic E-state index is -0.392. The largest absolute Gasteiger partial charge is 0.462 e. The van der Waals surface area contributed by atoms with E-state index in [-0.39, 0.29) is 5.54 Å². The first kappa shape index (κ1) is 15.5. The molecule has 1 N–H and O–H groups in total. The maximum Gasteiger partial charge on any atom is 0.341 e. The van der Waals surface area contributed by atoms with E-state index >= 15 is 0 Å². The Kier molecular flexibility index (Phi) is 4.28. The lowest BCUT2D eigenvalue weighted by molar-refractivity contribution is 0.0525. The molecule has 0 aliphatic heterocycles. The molecule has 3 rings (SSSR count). The fourth-order valence-electron chi connectivity index (χ4n) is 3.03. The standard InChI is InChI=1S/C18H21N3O2/c1-3-23-16(22)14-11-19-17(20-12-14)21-18(9-6-10-18)15-8-5-4-7-13(15)2/h4-5,7-8,11-12H,3,6,9-10H2,1-2H3,(H,19,20,21). The Hall–Kier alpha value is -2.43. The molecule has 0 saturated heterocycles. The first-order valence-electron chi connectivity index (χ1n) is 7.98. The minimum absolute atomic E-state index is 0.100. The summed E-state index contributed by atoms with van der Waals surface area (Å²) in [5.74, 6) is 0.150. The monoisotopic (exact) mass is 311 g/mol. The molecule has 0 bridgehead atoms. The molecule has 0 atom stereocenters. The summed E-state index contributed by atoms with van der Waals surface area (Å²) in [6.07, 6.45) is 6.32. The van der Waals surface area contributed by atoms with Gasteiger partial charge in [0, 0.05) is 12.4 Å². The molecule has 1 aliphatic carbocycles. The molecule has 1 aromatic heterocycles. The van der Waals surface area contributed by atoms with Crippen LogP contribution in [0.15, 0.2) is 36.7 Å². The smallest absolute Gasteiger partial charge is 0.341 e. The number of hydrogen-bond acceptors (Lipinski definition) is 5. The lowest BCUT2D eigenvalue weighted by Crippen LogP contribution is -2.43. The molecule has 0 unspecified atom stereocenters. The third kappa shape index (κ3) is 3.04. The van der Waals surface area contributed by atoms with Crippen molar-refractivity contribution in [2.75, 3.05) is 11.9 Å². The van der Waals surface area contributed by atoms with Gasteiger partial charge in [-0.15, -0.1) is 0 Å². The number of rotatable bonds is 5. The van der Waals surface area contributed by atoms with E-state index in [9.17, 15) is 4.79 Å². The van der Waals surface area contributed by atoms with Gasteiger partial charge in [-0.1, -0.05) is 24.3 Å². The van der Waals surface area contributed by atoms with E-state index in [1.54, 1.807) is 6.92 Å². The highest BCUT2D eigenvalue weighted by Gasteiger charge is 2.40. The zero-order chi connectivity index (χ0) is 16.3. The van der Waals surface area contributed by atoms with Crippen molar-refractivity contribution >= 4 is 11.9 Å². The Balaban J connectivity index is 1.80. The summed E-state index contributed by atoms with van der Waals surface area (Å²) in [6, 6.07) is 8.40. The van der Waals surface area contributed by atoms with Crippen molar-refractivity contribution in [2.24, 2.45) is 0 Å². The Morgan fingerprint density at radius 2 is 1.96 bits per heavy atom. The van der Waals surface area contributed by atoms with Gasteiger partial charge >= 0.3 is 5.97 Å². The van der Waals surface area contributed by atoms with Crippen LogP contribution in [0.5, 0.6) is 0 Å². The predicted octanol–water partition coefficient (Wildman–Crippen LogP) is 3.45. The summed E-state index contributed by atoms with van der Waals surface area (Å²) >= 11 is 0. The molecule has 1 fully saturated rings. The average molecular weight is 311 g/mol. The highest BCUT2D eigenvalue weighted by Crippen LogP contribution is 2.44. The Morgan fingerprint density at radius 3 is 2.52 bits per heavy atom. The van der Waals surface area contributed by atoms with Gasteiger partial charge in [-0.3, -0.25) is 0 Å². The van der Waals surface area contributed by atoms with Gasteiger partial charge in [0.1, 0.15) is 0 Å². The second-order valence-electron chi connectivity index (χ2n) is 5.89. The molecule has 0 spiro atoms. The fourth-order valence-corrected chi connectivity index (χ4v) is 3.03. The van der Waals surface area contributed by atoms with Gasteiger partial charge < -0.3 is 10.1 Å². The van der Waals surface area contributed by atoms with Crippen LogP contribution in [0.1, 0.15) is 47.7 Å². The van der Waals surface area contributed by atoms with E-state index in [1.807, 2.05) is 0 Å². The first-order chi connectivity index (χ1) is 11.1. The van der Waals surface area contributed by atoms with Crippen LogP contribution >= 0.6 is 0 Å². The van der Waals surface area contributed by atoms with Crippen molar-refractivity contribution in [1.82, 2.24) is 9.97 Å². The highest BCUT2D eigenvalue weighted by atomic mass is 16.5. The normalized spacial score (nSPS) is 15.6. The van der Waals surface area contributed by atoms with Gasteiger partial charge in [0.25, 0.3) is 0 Å². The fraction of sp³-hybridized carbons (Fsp3) is 0.389. The van der Waals surface area contributed by atoms with Crippen molar-refractivity contribution in [3.05, 3.63) is 53.3 Å². The summed E-state index contributed by atoms with van der Waals surface area (Å²) < 4.78 is 4.95. The molecule has 2 aromatic rings. The van der Waals surface area contributed by atoms with Crippen molar-refractivity contribution in [3.63, 3.8) is 0 Å². The summed E-state index contributed by atoms with van der Waals surface area (Å²) in [5, 5.41) is 3.47. The number of aryl methyl sites for hydroxylation is 1. The molecule has 1 saturated carbocycles. The van der Waals surface area contributed by atoms with E-state index in [2.05, 4.69) is 46.5 Å². The second-order valence-corrected chi connectivity index (χ2v) is 5.89. The van der Waals surface area contributed by atoms with Gasteiger partial charge in [0.2, 0.25) is 5.95 Å². The third-order valence-electron chi connectivity index (χ3n) is 4.38. The SMILES string of the molecule is CCOC(=O)c1cnc(NC2(c3ccccc3C)CCC2)nc1. The third-order valence-corrected chi connectivity index (χ3v) is 4.38. The Morgan fingerprint density at radius 1 is 1.26 bits per heavy atom. The molecule has 0 radical (unpaired) electrons. The molecule has 5 nitrogen and oxygen atoms in total. The molecule has 23 heavy (non-hydrogen) atoms. The van der Waals surface area contributed by atoms with E-state index in [1.165, 1.54) is 29.9 Å². The van der Waals surface area contributed by atoms with Crippen LogP contribution in [-0.4, -0.2) is 22.5 Å². The molecule has 5 heteroatoms. The summed E-state index contributed by atoms with van der Waals surface area (Å²) in [4.78, 5) is 20.2. The lowest BCUT2D eigenvalue weighted by atomic mass is 9.70. The first-order valence-corrected chi connectivity index (χ1v) is 7.98. The van der Waals surface area contributed by atoms with Crippen LogP contribution in [0.25, 0.3) is 0 Å². The van der Waals surface area contributed by atoms with Crippen molar-refractivity contribution in [2.45, 2.75) is 38.6 Å². The minimum Gasteiger partial charge on any atom is -0.462 e. The van der Waals surface area contributed by atoms with E-state index in [0.717, 1.165) is 12.8 Å². The number of aromatic nitrogens is 2. The van der Waals surface area contributed by atoms with E-state index < -0.39 is 5.97 Å². The van der Waals surface area contributed by atoms with Crippen LogP contribution in [-0.2, 0) is 10.3 Å². The van der Waals surface area contributed by atoms with Crippen molar-refractivity contribution < 1.29 is 9.53 Å². The molecular formula is C18H21N3O2. The molecular weight excluding hydrogens is 290 g/mol. The van der Waals surface area contributed by atoms with E-state index in [4.69, 9.17) is 4.74 Å². The Labute approximate surface area is 136 Å². The van der Waals surface area contributed by atoms with Gasteiger partial charge in [0.15, 0.2) is 0 Å². The number of ether oxygens (including phenoxy) is 1. The van der Waals surface area contributed by atoms with Crippen molar-refractivity contribution in [3.8, 4) is 0 Å². The number of carbonyl (C=O) groups excluding carboxylic acids is 1. The Bertz CT molecular complexity index is 694. The summed E-state index contributed by atoms with van der Waals surface area (Å²) in [7, 11) is 0. The molecule has 1 heterocycles. The van der Waals surface area contributed by atoms with Crippen LogP contribution in [0, 0.1) is 6.92 Å². The van der Waals surface area contributed by atoms with Crippen LogP contribution < -0.4 is 5.32 Å². The lowest BCUT2D eigenvalue weighted by Gasteiger charge is -2.44. The van der Waals surface area contributed by atoms with Crippen LogP contribution in [0.2, 0.25) is 0 Å². The number of nitrogens with zero attached hydrogens (tertiary/aromatic N) is 2. The highest BCUT2D eigenvalue weighted by molar-refractivity contribution is 5.88. The number of hydrogen-bond donors (Lipinski definition) is 1. The zero-order valence-corrected chi connectivity index (χ0v) is 13.5. The zero-order valence-electron chi connectivity index (χ0n) is 13.5. The maximum atomic E-state index is 11.7. The molecule has 0 amide bonds. The molecule has 1 aromatic carbocycles. The average Bonchev–Trinajstić information content (AvgIpc) is 2.52. The number of benzene rings is 1. The summed E-state index contributed by atoms with van der Waals surface area (Å²) in [5.41, 5.74) is 2.83. The topological polar surface area (TPSA) is 64.1 Å². The number of esters is 1. The van der Waals surface area contributed by atoms with Gasteiger partial charge in [0.05, 0.1) is 17.7 Å². The van der Waals surface area contributed by atoms with Gasteiger partial charge in [-0.2, -0.15) is 0 Å². The van der Waals surface area contributed by atoms with Gasteiger partial charge in [-0.05, 0) is 44.2 Å². The van der Waals surface area contributed by atoms with Gasteiger partial charge in [-0.25, -0.2) is 14.8 Å². The van der Waals surface area contributed by atoms with Crippen LogP contribution in [0.3, 0.4) is 0 Å². The molecule has 1 aliphatic rings. The number of nitrogens with one attached hydrogen (secondary N) is 1.